The van der Waals surface area contributed by atoms with Crippen LogP contribution in [-0.2, 0) is 9.59 Å². The maximum Gasteiger partial charge on any atom is 0.240 e. The van der Waals surface area contributed by atoms with Gasteiger partial charge < -0.3 is 20.1 Å². The Morgan fingerprint density at radius 3 is 2.33 bits per heavy atom. The summed E-state index contributed by atoms with van der Waals surface area (Å²) in [5.41, 5.74) is 1.57. The first-order valence-electron chi connectivity index (χ1n) is 11.1. The van der Waals surface area contributed by atoms with Gasteiger partial charge in [-0.2, -0.15) is 0 Å². The van der Waals surface area contributed by atoms with Crippen LogP contribution in [0.2, 0.25) is 0 Å². The van der Waals surface area contributed by atoms with Gasteiger partial charge in [0.2, 0.25) is 11.8 Å². The average molecular weight is 476 g/mol. The third kappa shape index (κ3) is 7.41. The summed E-state index contributed by atoms with van der Waals surface area (Å²) in [5.74, 6) is 1.77. The first-order chi connectivity index (χ1) is 15.9. The molecule has 2 aromatic rings. The number of aromatic nitrogens is 1. The van der Waals surface area contributed by atoms with E-state index in [9.17, 15) is 9.59 Å². The molecule has 1 fully saturated rings. The van der Waals surface area contributed by atoms with Crippen molar-refractivity contribution in [2.24, 2.45) is 5.92 Å². The van der Waals surface area contributed by atoms with E-state index in [0.717, 1.165) is 37.4 Å². The third-order valence-corrected chi connectivity index (χ3v) is 6.10. The summed E-state index contributed by atoms with van der Waals surface area (Å²) in [7, 11) is 3.21. The molecule has 0 aliphatic carbocycles. The molecule has 1 aromatic heterocycles. The average Bonchev–Trinajstić information content (AvgIpc) is 3.26. The van der Waals surface area contributed by atoms with Crippen LogP contribution in [0, 0.1) is 5.92 Å². The van der Waals surface area contributed by atoms with Gasteiger partial charge in [-0.15, -0.1) is 11.3 Å². The largest absolute Gasteiger partial charge is 0.497 e. The predicted molar refractivity (Wildman–Crippen MR) is 130 cm³/mol. The van der Waals surface area contributed by atoms with Crippen LogP contribution >= 0.6 is 11.3 Å². The number of ether oxygens (including phenoxy) is 2. The van der Waals surface area contributed by atoms with Gasteiger partial charge in [-0.25, -0.2) is 4.98 Å². The van der Waals surface area contributed by atoms with Crippen LogP contribution in [0.15, 0.2) is 23.6 Å². The first kappa shape index (κ1) is 24.9. The van der Waals surface area contributed by atoms with Crippen molar-refractivity contribution >= 4 is 28.3 Å². The van der Waals surface area contributed by atoms with Crippen LogP contribution in [-0.4, -0.2) is 86.6 Å². The molecule has 0 bridgehead atoms. The van der Waals surface area contributed by atoms with E-state index in [1.165, 1.54) is 11.3 Å². The lowest BCUT2D eigenvalue weighted by Crippen LogP contribution is -2.51. The van der Waals surface area contributed by atoms with E-state index >= 15 is 0 Å². The quantitative estimate of drug-likeness (QED) is 0.544. The molecule has 2 amide bonds. The van der Waals surface area contributed by atoms with Gasteiger partial charge in [-0.05, 0) is 18.1 Å². The Balaban J connectivity index is 1.46. The van der Waals surface area contributed by atoms with Gasteiger partial charge in [0.05, 0.1) is 33.0 Å². The summed E-state index contributed by atoms with van der Waals surface area (Å²) in [6, 6.07) is 5.55. The van der Waals surface area contributed by atoms with Crippen molar-refractivity contribution in [1.82, 2.24) is 20.1 Å². The van der Waals surface area contributed by atoms with Gasteiger partial charge in [0.1, 0.15) is 11.5 Å². The minimum atomic E-state index is -0.0966. The number of amides is 2. The number of methoxy groups -OCH3 is 2. The molecule has 33 heavy (non-hydrogen) atoms. The molecule has 1 aliphatic rings. The van der Waals surface area contributed by atoms with Crippen LogP contribution < -0.4 is 20.1 Å². The summed E-state index contributed by atoms with van der Waals surface area (Å²) in [6.07, 6.45) is 0. The van der Waals surface area contributed by atoms with Crippen molar-refractivity contribution in [1.29, 1.82) is 0 Å². The highest BCUT2D eigenvalue weighted by atomic mass is 32.1. The van der Waals surface area contributed by atoms with Crippen molar-refractivity contribution in [2.75, 3.05) is 65.3 Å². The van der Waals surface area contributed by atoms with E-state index in [-0.39, 0.29) is 11.8 Å². The minimum absolute atomic E-state index is 0.0583. The van der Waals surface area contributed by atoms with Crippen molar-refractivity contribution in [3.63, 3.8) is 0 Å². The molecule has 1 aromatic carbocycles. The summed E-state index contributed by atoms with van der Waals surface area (Å²) in [4.78, 5) is 33.3. The summed E-state index contributed by atoms with van der Waals surface area (Å²) >= 11 is 1.38. The SMILES string of the molecule is COc1ccc(-c2csc(NC(=O)CN3CCN(CC(=O)NCC(C)C)CC3)n2)c(OC)c1. The molecule has 1 aliphatic heterocycles. The molecule has 10 heteroatoms. The van der Waals surface area contributed by atoms with Crippen molar-refractivity contribution in [2.45, 2.75) is 13.8 Å². The number of carbonyl (C=O) groups is 2. The number of hydrogen-bond acceptors (Lipinski definition) is 8. The molecule has 180 valence electrons. The van der Waals surface area contributed by atoms with Crippen molar-refractivity contribution < 1.29 is 19.1 Å². The van der Waals surface area contributed by atoms with Gasteiger partial charge in [0.15, 0.2) is 5.13 Å². The highest BCUT2D eigenvalue weighted by molar-refractivity contribution is 7.14. The number of hydrogen-bond donors (Lipinski definition) is 2. The Kier molecular flexibility index (Phi) is 9.04. The van der Waals surface area contributed by atoms with Gasteiger partial charge in [-0.1, -0.05) is 13.8 Å². The zero-order valence-corrected chi connectivity index (χ0v) is 20.5. The van der Waals surface area contributed by atoms with Gasteiger partial charge in [0.25, 0.3) is 0 Å². The van der Waals surface area contributed by atoms with Gasteiger partial charge in [0, 0.05) is 49.7 Å². The van der Waals surface area contributed by atoms with Gasteiger partial charge >= 0.3 is 0 Å². The summed E-state index contributed by atoms with van der Waals surface area (Å²) < 4.78 is 10.7. The van der Waals surface area contributed by atoms with E-state index in [0.29, 0.717) is 42.2 Å². The molecule has 0 radical (unpaired) electrons. The molecule has 0 spiro atoms. The molecule has 0 saturated carbocycles. The number of nitrogens with zero attached hydrogens (tertiary/aromatic N) is 3. The maximum atomic E-state index is 12.5. The zero-order valence-electron chi connectivity index (χ0n) is 19.7. The second-order valence-electron chi connectivity index (χ2n) is 8.40. The minimum Gasteiger partial charge on any atom is -0.497 e. The first-order valence-corrected chi connectivity index (χ1v) is 11.9. The van der Waals surface area contributed by atoms with Crippen LogP contribution in [0.4, 0.5) is 5.13 Å². The normalized spacial score (nSPS) is 14.8. The van der Waals surface area contributed by atoms with Crippen LogP contribution in [0.1, 0.15) is 13.8 Å². The highest BCUT2D eigenvalue weighted by Gasteiger charge is 2.21. The fourth-order valence-corrected chi connectivity index (χ4v) is 4.24. The van der Waals surface area contributed by atoms with Crippen molar-refractivity contribution in [3.8, 4) is 22.8 Å². The Hall–Kier alpha value is -2.69. The molecule has 2 N–H and O–H groups in total. The van der Waals surface area contributed by atoms with E-state index in [2.05, 4.69) is 39.3 Å². The highest BCUT2D eigenvalue weighted by Crippen LogP contribution is 2.34. The van der Waals surface area contributed by atoms with Crippen LogP contribution in [0.25, 0.3) is 11.3 Å². The van der Waals surface area contributed by atoms with Crippen molar-refractivity contribution in [3.05, 3.63) is 23.6 Å². The lowest BCUT2D eigenvalue weighted by molar-refractivity contribution is -0.123. The molecule has 1 saturated heterocycles. The predicted octanol–water partition coefficient (Wildman–Crippen LogP) is 2.16. The number of benzene rings is 1. The molecule has 0 atom stereocenters. The second-order valence-corrected chi connectivity index (χ2v) is 9.26. The van der Waals surface area contributed by atoms with E-state index in [4.69, 9.17) is 9.47 Å². The van der Waals surface area contributed by atoms with Gasteiger partial charge in [-0.3, -0.25) is 19.4 Å². The molecule has 0 unspecified atom stereocenters. The van der Waals surface area contributed by atoms with E-state index in [1.54, 1.807) is 20.3 Å². The van der Waals surface area contributed by atoms with E-state index in [1.807, 2.05) is 17.5 Å². The lowest BCUT2D eigenvalue weighted by atomic mass is 10.1. The number of carbonyl (C=O) groups excluding carboxylic acids is 2. The number of nitrogens with one attached hydrogen (secondary N) is 2. The fourth-order valence-electron chi connectivity index (χ4n) is 3.51. The Bertz CT molecular complexity index is 941. The fraction of sp³-hybridized carbons (Fsp3) is 0.522. The topological polar surface area (TPSA) is 96.0 Å². The summed E-state index contributed by atoms with van der Waals surface area (Å²) in [5, 5.41) is 8.28. The number of rotatable bonds is 10. The van der Waals surface area contributed by atoms with Crippen LogP contribution in [0.3, 0.4) is 0 Å². The molecular weight excluding hydrogens is 442 g/mol. The lowest BCUT2D eigenvalue weighted by Gasteiger charge is -2.33. The smallest absolute Gasteiger partial charge is 0.240 e. The third-order valence-electron chi connectivity index (χ3n) is 5.34. The number of anilines is 1. The molecule has 9 nitrogen and oxygen atoms in total. The molecule has 2 heterocycles. The standard InChI is InChI=1S/C23H33N5O4S/c1-16(2)12-24-21(29)13-27-7-9-28(10-8-27)14-22(30)26-23-25-19(15-33-23)18-6-5-17(31-3)11-20(18)32-4/h5-6,11,15-16H,7-10,12-14H2,1-4H3,(H,24,29)(H,25,26,30). The van der Waals surface area contributed by atoms with Crippen LogP contribution in [0.5, 0.6) is 11.5 Å². The maximum absolute atomic E-state index is 12.5. The Morgan fingerprint density at radius 2 is 1.73 bits per heavy atom. The number of piperazine rings is 1. The van der Waals surface area contributed by atoms with E-state index < -0.39 is 0 Å². The summed E-state index contributed by atoms with van der Waals surface area (Å²) in [6.45, 7) is 8.58. The zero-order chi connectivity index (χ0) is 23.8. The Labute approximate surface area is 199 Å². The monoisotopic (exact) mass is 475 g/mol. The molecule has 3 rings (SSSR count). The second kappa shape index (κ2) is 12.0. The Morgan fingerprint density at radius 1 is 1.06 bits per heavy atom. The number of thiazole rings is 1. The molecular formula is C23H33N5O4S.